The summed E-state index contributed by atoms with van der Waals surface area (Å²) in [7, 11) is -3.65. The molecule has 8 nitrogen and oxygen atoms in total. The van der Waals surface area contributed by atoms with Crippen LogP contribution in [0.4, 0.5) is 10.5 Å². The van der Waals surface area contributed by atoms with Crippen molar-refractivity contribution in [1.82, 2.24) is 9.62 Å². The quantitative estimate of drug-likeness (QED) is 0.609. The number of urea groups is 1. The number of hydrogen-bond donors (Lipinski definition) is 3. The fourth-order valence-electron chi connectivity index (χ4n) is 2.84. The van der Waals surface area contributed by atoms with Crippen molar-refractivity contribution in [2.75, 3.05) is 18.4 Å². The smallest absolute Gasteiger partial charge is 0.316 e. The fraction of sp³-hybridized carbons (Fsp3) is 0.300. The Bertz CT molecular complexity index is 984. The third-order valence-electron chi connectivity index (χ3n) is 4.47. The van der Waals surface area contributed by atoms with Gasteiger partial charge in [-0.2, -0.15) is 4.31 Å². The highest BCUT2D eigenvalue weighted by Gasteiger charge is 2.23. The number of nitrogens with two attached hydrogens (primary N) is 1. The molecule has 156 valence electrons. The monoisotopic (exact) mass is 418 g/mol. The van der Waals surface area contributed by atoms with Gasteiger partial charge in [0.25, 0.3) is 5.91 Å². The van der Waals surface area contributed by atoms with E-state index in [9.17, 15) is 18.0 Å². The highest BCUT2D eigenvalue weighted by molar-refractivity contribution is 7.89. The van der Waals surface area contributed by atoms with Crippen LogP contribution >= 0.6 is 0 Å². The molecule has 2 aromatic rings. The maximum atomic E-state index is 12.7. The predicted molar refractivity (Wildman–Crippen MR) is 112 cm³/mol. The van der Waals surface area contributed by atoms with E-state index in [1.807, 2.05) is 0 Å². The molecule has 4 N–H and O–H groups in total. The van der Waals surface area contributed by atoms with Crippen LogP contribution in [0.15, 0.2) is 47.4 Å². The largest absolute Gasteiger partial charge is 0.351 e. The Morgan fingerprint density at radius 3 is 2.21 bits per heavy atom. The molecule has 0 aromatic heterocycles. The lowest BCUT2D eigenvalue weighted by Crippen LogP contribution is -2.31. The summed E-state index contributed by atoms with van der Waals surface area (Å²) in [6.45, 7) is 6.26. The normalized spacial score (nSPS) is 11.3. The molecule has 0 radical (unpaired) electrons. The van der Waals surface area contributed by atoms with Gasteiger partial charge in [0.15, 0.2) is 0 Å². The zero-order chi connectivity index (χ0) is 21.6. The van der Waals surface area contributed by atoms with Crippen LogP contribution in [0.1, 0.15) is 35.3 Å². The van der Waals surface area contributed by atoms with Crippen LogP contribution in [0, 0.1) is 6.92 Å². The standard InChI is InChI=1S/C20H26N4O4S/c1-4-24(5-2)29(27,28)17-11-6-14(3)18(12-17)19(25)22-13-15-7-9-16(10-8-15)23-20(21)26/h6-12H,4-5,13H2,1-3H3,(H,22,25)(H3,21,23,26). The number of benzene rings is 2. The molecule has 0 fully saturated rings. The van der Waals surface area contributed by atoms with Crippen molar-refractivity contribution in [3.8, 4) is 0 Å². The number of primary amides is 1. The molecule has 29 heavy (non-hydrogen) atoms. The van der Waals surface area contributed by atoms with Crippen molar-refractivity contribution in [1.29, 1.82) is 0 Å². The Hall–Kier alpha value is -2.91. The van der Waals surface area contributed by atoms with E-state index in [-0.39, 0.29) is 17.3 Å². The van der Waals surface area contributed by atoms with Gasteiger partial charge in [-0.1, -0.05) is 32.0 Å². The molecule has 0 aliphatic heterocycles. The lowest BCUT2D eigenvalue weighted by molar-refractivity contribution is 0.0950. The van der Waals surface area contributed by atoms with Gasteiger partial charge >= 0.3 is 6.03 Å². The molecule has 0 saturated heterocycles. The predicted octanol–water partition coefficient (Wildman–Crippen LogP) is 2.45. The molecular weight excluding hydrogens is 392 g/mol. The van der Waals surface area contributed by atoms with Crippen LogP contribution in [0.5, 0.6) is 0 Å². The summed E-state index contributed by atoms with van der Waals surface area (Å²) in [5, 5.41) is 5.25. The number of anilines is 1. The second-order valence-electron chi connectivity index (χ2n) is 6.43. The van der Waals surface area contributed by atoms with Gasteiger partial charge < -0.3 is 16.4 Å². The molecule has 0 heterocycles. The third kappa shape index (κ3) is 5.55. The molecule has 0 bridgehead atoms. The molecule has 2 rings (SSSR count). The summed E-state index contributed by atoms with van der Waals surface area (Å²) in [6, 6.07) is 10.8. The van der Waals surface area contributed by atoms with Crippen molar-refractivity contribution in [3.63, 3.8) is 0 Å². The SMILES string of the molecule is CCN(CC)S(=O)(=O)c1ccc(C)c(C(=O)NCc2ccc(NC(N)=O)cc2)c1. The maximum absolute atomic E-state index is 12.7. The van der Waals surface area contributed by atoms with Gasteiger partial charge in [-0.3, -0.25) is 4.79 Å². The van der Waals surface area contributed by atoms with Gasteiger partial charge in [-0.25, -0.2) is 13.2 Å². The van der Waals surface area contributed by atoms with Crippen LogP contribution in [-0.2, 0) is 16.6 Å². The maximum Gasteiger partial charge on any atom is 0.316 e. The first-order valence-corrected chi connectivity index (χ1v) is 10.7. The second-order valence-corrected chi connectivity index (χ2v) is 8.37. The van der Waals surface area contributed by atoms with E-state index in [4.69, 9.17) is 5.73 Å². The summed E-state index contributed by atoms with van der Waals surface area (Å²) in [4.78, 5) is 23.6. The van der Waals surface area contributed by atoms with Crippen LogP contribution < -0.4 is 16.4 Å². The van der Waals surface area contributed by atoms with Gasteiger partial charge in [-0.05, 0) is 42.3 Å². The summed E-state index contributed by atoms with van der Waals surface area (Å²) in [6.07, 6.45) is 0. The minimum absolute atomic E-state index is 0.0961. The first-order valence-electron chi connectivity index (χ1n) is 9.23. The van der Waals surface area contributed by atoms with Gasteiger partial charge in [0.1, 0.15) is 0 Å². The molecule has 0 atom stereocenters. The Morgan fingerprint density at radius 2 is 1.66 bits per heavy atom. The molecule has 0 saturated carbocycles. The van der Waals surface area contributed by atoms with Crippen LogP contribution in [-0.4, -0.2) is 37.8 Å². The Labute approximate surface area is 171 Å². The van der Waals surface area contributed by atoms with E-state index in [1.54, 1.807) is 51.1 Å². The second kappa shape index (κ2) is 9.53. The average Bonchev–Trinajstić information content (AvgIpc) is 2.67. The summed E-state index contributed by atoms with van der Waals surface area (Å²) in [5.74, 6) is -0.363. The summed E-state index contributed by atoms with van der Waals surface area (Å²) >= 11 is 0. The lowest BCUT2D eigenvalue weighted by atomic mass is 10.1. The number of rotatable bonds is 8. The number of nitrogens with one attached hydrogen (secondary N) is 2. The first kappa shape index (κ1) is 22.4. The van der Waals surface area contributed by atoms with Gasteiger partial charge in [0, 0.05) is 30.9 Å². The zero-order valence-corrected chi connectivity index (χ0v) is 17.5. The fourth-order valence-corrected chi connectivity index (χ4v) is 4.33. The molecular formula is C20H26N4O4S. The molecule has 3 amide bonds. The Balaban J connectivity index is 2.15. The van der Waals surface area contributed by atoms with E-state index < -0.39 is 16.1 Å². The van der Waals surface area contributed by atoms with Crippen LogP contribution in [0.2, 0.25) is 0 Å². The molecule has 0 aliphatic carbocycles. The summed E-state index contributed by atoms with van der Waals surface area (Å²) in [5.41, 5.74) is 7.43. The third-order valence-corrected chi connectivity index (χ3v) is 6.52. The average molecular weight is 419 g/mol. The first-order chi connectivity index (χ1) is 13.7. The minimum Gasteiger partial charge on any atom is -0.351 e. The number of hydrogen-bond acceptors (Lipinski definition) is 4. The highest BCUT2D eigenvalue weighted by atomic mass is 32.2. The Kier molecular flexibility index (Phi) is 7.35. The molecule has 2 aromatic carbocycles. The molecule has 0 spiro atoms. The Morgan fingerprint density at radius 1 is 1.03 bits per heavy atom. The van der Waals surface area contributed by atoms with E-state index in [2.05, 4.69) is 10.6 Å². The number of aryl methyl sites for hydroxylation is 1. The van der Waals surface area contributed by atoms with E-state index in [0.717, 1.165) is 5.56 Å². The van der Waals surface area contributed by atoms with Crippen molar-refractivity contribution in [3.05, 3.63) is 59.2 Å². The van der Waals surface area contributed by atoms with Crippen molar-refractivity contribution >= 4 is 27.6 Å². The van der Waals surface area contributed by atoms with E-state index in [1.165, 1.54) is 16.4 Å². The lowest BCUT2D eigenvalue weighted by Gasteiger charge is -2.19. The highest BCUT2D eigenvalue weighted by Crippen LogP contribution is 2.20. The van der Waals surface area contributed by atoms with Gasteiger partial charge in [-0.15, -0.1) is 0 Å². The van der Waals surface area contributed by atoms with Crippen LogP contribution in [0.25, 0.3) is 0 Å². The number of carbonyl (C=O) groups excluding carboxylic acids is 2. The van der Waals surface area contributed by atoms with E-state index in [0.29, 0.717) is 29.9 Å². The zero-order valence-electron chi connectivity index (χ0n) is 16.7. The van der Waals surface area contributed by atoms with Gasteiger partial charge in [0.2, 0.25) is 10.0 Å². The molecule has 9 heteroatoms. The van der Waals surface area contributed by atoms with Crippen molar-refractivity contribution in [2.24, 2.45) is 5.73 Å². The topological polar surface area (TPSA) is 122 Å². The minimum atomic E-state index is -3.65. The van der Waals surface area contributed by atoms with Crippen molar-refractivity contribution in [2.45, 2.75) is 32.2 Å². The van der Waals surface area contributed by atoms with Gasteiger partial charge in [0.05, 0.1) is 4.90 Å². The number of carbonyl (C=O) groups is 2. The molecule has 0 aliphatic rings. The van der Waals surface area contributed by atoms with Crippen molar-refractivity contribution < 1.29 is 18.0 Å². The number of amides is 3. The molecule has 0 unspecified atom stereocenters. The summed E-state index contributed by atoms with van der Waals surface area (Å²) < 4.78 is 26.8. The van der Waals surface area contributed by atoms with E-state index >= 15 is 0 Å². The number of nitrogens with zero attached hydrogens (tertiary/aromatic N) is 1. The number of sulfonamides is 1. The van der Waals surface area contributed by atoms with Crippen LogP contribution in [0.3, 0.4) is 0 Å².